The van der Waals surface area contributed by atoms with E-state index in [0.717, 1.165) is 5.56 Å². The summed E-state index contributed by atoms with van der Waals surface area (Å²) in [6.07, 6.45) is -5.13. The van der Waals surface area contributed by atoms with Crippen LogP contribution >= 0.6 is 11.8 Å². The molecule has 0 aliphatic rings. The highest BCUT2D eigenvalue weighted by Gasteiger charge is 2.37. The SMILES string of the molecule is O=C(CCSCc1ccccc1)C(F)(F)F. The second kappa shape index (κ2) is 5.94. The van der Waals surface area contributed by atoms with E-state index in [-0.39, 0.29) is 5.75 Å². The zero-order chi connectivity index (χ0) is 12.0. The largest absolute Gasteiger partial charge is 0.450 e. The highest BCUT2D eigenvalue weighted by atomic mass is 32.2. The van der Waals surface area contributed by atoms with Crippen molar-refractivity contribution >= 4 is 17.5 Å². The van der Waals surface area contributed by atoms with Gasteiger partial charge in [-0.05, 0) is 5.56 Å². The summed E-state index contributed by atoms with van der Waals surface area (Å²) in [4.78, 5) is 10.5. The van der Waals surface area contributed by atoms with Crippen LogP contribution in [0.3, 0.4) is 0 Å². The molecule has 1 nitrogen and oxygen atoms in total. The topological polar surface area (TPSA) is 17.1 Å². The Labute approximate surface area is 96.0 Å². The molecule has 0 atom stereocenters. The number of carbonyl (C=O) groups excluding carboxylic acids is 1. The minimum absolute atomic E-state index is 0.202. The van der Waals surface area contributed by atoms with Crippen LogP contribution in [0.25, 0.3) is 0 Å². The van der Waals surface area contributed by atoms with Gasteiger partial charge in [0.2, 0.25) is 5.78 Å². The molecule has 0 amide bonds. The van der Waals surface area contributed by atoms with Crippen molar-refractivity contribution in [2.75, 3.05) is 5.75 Å². The maximum atomic E-state index is 11.8. The second-order valence-corrected chi connectivity index (χ2v) is 4.31. The number of carbonyl (C=O) groups is 1. The first kappa shape index (κ1) is 13.1. The normalized spacial score (nSPS) is 11.4. The predicted octanol–water partition coefficient (Wildman–Crippen LogP) is 3.44. The number of hydrogen-bond acceptors (Lipinski definition) is 2. The van der Waals surface area contributed by atoms with Gasteiger partial charge in [-0.25, -0.2) is 0 Å². The van der Waals surface area contributed by atoms with Crippen LogP contribution in [0.5, 0.6) is 0 Å². The molecule has 0 bridgehead atoms. The summed E-state index contributed by atoms with van der Waals surface area (Å²) in [6, 6.07) is 9.42. The summed E-state index contributed by atoms with van der Waals surface area (Å²) < 4.78 is 35.5. The fraction of sp³-hybridized carbons (Fsp3) is 0.364. The van der Waals surface area contributed by atoms with Gasteiger partial charge >= 0.3 is 6.18 Å². The van der Waals surface area contributed by atoms with Crippen LogP contribution < -0.4 is 0 Å². The lowest BCUT2D eigenvalue weighted by Crippen LogP contribution is -2.22. The summed E-state index contributed by atoms with van der Waals surface area (Å²) in [5.74, 6) is -0.813. The molecule has 0 heterocycles. The number of hydrogen-bond donors (Lipinski definition) is 0. The van der Waals surface area contributed by atoms with E-state index in [1.54, 1.807) is 0 Å². The molecule has 0 spiro atoms. The summed E-state index contributed by atoms with van der Waals surface area (Å²) in [7, 11) is 0. The molecule has 0 aromatic heterocycles. The molecule has 1 rings (SSSR count). The predicted molar refractivity (Wildman–Crippen MR) is 58.3 cm³/mol. The third-order valence-corrected chi connectivity index (χ3v) is 2.93. The lowest BCUT2D eigenvalue weighted by molar-refractivity contribution is -0.170. The first-order chi connectivity index (χ1) is 7.50. The molecule has 1 aromatic rings. The molecular formula is C11H11F3OS. The van der Waals surface area contributed by atoms with E-state index in [1.807, 2.05) is 30.3 Å². The van der Waals surface area contributed by atoms with Gasteiger partial charge < -0.3 is 0 Å². The third kappa shape index (κ3) is 4.70. The van der Waals surface area contributed by atoms with E-state index in [9.17, 15) is 18.0 Å². The summed E-state index contributed by atoms with van der Waals surface area (Å²) in [6.45, 7) is 0. The molecule has 88 valence electrons. The minimum atomic E-state index is -4.69. The number of thioether (sulfide) groups is 1. The number of Topliss-reactive ketones (excluding diaryl/α,β-unsaturated/α-hetero) is 1. The van der Waals surface area contributed by atoms with Gasteiger partial charge in [0.05, 0.1) is 0 Å². The monoisotopic (exact) mass is 248 g/mol. The van der Waals surface area contributed by atoms with Gasteiger partial charge in [-0.15, -0.1) is 0 Å². The van der Waals surface area contributed by atoms with Crippen molar-refractivity contribution in [2.24, 2.45) is 0 Å². The Balaban J connectivity index is 2.20. The van der Waals surface area contributed by atoms with Crippen molar-refractivity contribution in [1.82, 2.24) is 0 Å². The Hall–Kier alpha value is -0.970. The Morgan fingerprint density at radius 2 is 1.81 bits per heavy atom. The van der Waals surface area contributed by atoms with Gasteiger partial charge in [0.1, 0.15) is 0 Å². The van der Waals surface area contributed by atoms with Crippen LogP contribution in [0.15, 0.2) is 30.3 Å². The average molecular weight is 248 g/mol. The molecular weight excluding hydrogens is 237 g/mol. The van der Waals surface area contributed by atoms with Gasteiger partial charge in [-0.1, -0.05) is 30.3 Å². The van der Waals surface area contributed by atoms with Crippen molar-refractivity contribution in [1.29, 1.82) is 0 Å². The maximum absolute atomic E-state index is 11.8. The quantitative estimate of drug-likeness (QED) is 0.742. The number of alkyl halides is 3. The van der Waals surface area contributed by atoms with Crippen LogP contribution in [0, 0.1) is 0 Å². The summed E-state index contributed by atoms with van der Waals surface area (Å²) >= 11 is 1.33. The smallest absolute Gasteiger partial charge is 0.290 e. The Morgan fingerprint density at radius 3 is 2.38 bits per heavy atom. The van der Waals surface area contributed by atoms with Gasteiger partial charge in [0.25, 0.3) is 0 Å². The van der Waals surface area contributed by atoms with Crippen molar-refractivity contribution < 1.29 is 18.0 Å². The van der Waals surface area contributed by atoms with Gasteiger partial charge in [-0.3, -0.25) is 4.79 Å². The molecule has 0 aliphatic carbocycles. The highest BCUT2D eigenvalue weighted by Crippen LogP contribution is 2.20. The molecule has 0 N–H and O–H groups in total. The molecule has 1 aromatic carbocycles. The Bertz CT molecular complexity index is 335. The average Bonchev–Trinajstić information content (AvgIpc) is 2.24. The minimum Gasteiger partial charge on any atom is -0.290 e. The number of ketones is 1. The lowest BCUT2D eigenvalue weighted by atomic mass is 10.2. The molecule has 16 heavy (non-hydrogen) atoms. The zero-order valence-electron chi connectivity index (χ0n) is 8.46. The van der Waals surface area contributed by atoms with E-state index in [2.05, 4.69) is 0 Å². The van der Waals surface area contributed by atoms with Crippen LogP contribution in [0.1, 0.15) is 12.0 Å². The van der Waals surface area contributed by atoms with Crippen LogP contribution in [-0.2, 0) is 10.5 Å². The van der Waals surface area contributed by atoms with Crippen molar-refractivity contribution in [3.05, 3.63) is 35.9 Å². The fourth-order valence-corrected chi connectivity index (χ4v) is 1.97. The summed E-state index contributed by atoms with van der Waals surface area (Å²) in [5.41, 5.74) is 1.05. The van der Waals surface area contributed by atoms with E-state index >= 15 is 0 Å². The standard InChI is InChI=1S/C11H11F3OS/c12-11(13,14)10(15)6-7-16-8-9-4-2-1-3-5-9/h1-5H,6-8H2. The maximum Gasteiger partial charge on any atom is 0.450 e. The molecule has 5 heteroatoms. The number of halogens is 3. The van der Waals surface area contributed by atoms with E-state index in [4.69, 9.17) is 0 Å². The first-order valence-electron chi connectivity index (χ1n) is 4.72. The second-order valence-electron chi connectivity index (χ2n) is 3.21. The fourth-order valence-electron chi connectivity index (χ4n) is 1.07. The Morgan fingerprint density at radius 1 is 1.19 bits per heavy atom. The molecule has 0 fully saturated rings. The van der Waals surface area contributed by atoms with Crippen molar-refractivity contribution in [3.63, 3.8) is 0 Å². The molecule has 0 aliphatic heterocycles. The van der Waals surface area contributed by atoms with E-state index < -0.39 is 18.4 Å². The van der Waals surface area contributed by atoms with Crippen molar-refractivity contribution in [3.8, 4) is 0 Å². The summed E-state index contributed by atoms with van der Waals surface area (Å²) in [5, 5.41) is 0. The van der Waals surface area contributed by atoms with Crippen molar-refractivity contribution in [2.45, 2.75) is 18.3 Å². The third-order valence-electron chi connectivity index (χ3n) is 1.90. The lowest BCUT2D eigenvalue weighted by Gasteiger charge is -2.04. The number of benzene rings is 1. The number of rotatable bonds is 5. The molecule has 0 saturated heterocycles. The van der Waals surface area contributed by atoms with Gasteiger partial charge in [-0.2, -0.15) is 24.9 Å². The zero-order valence-corrected chi connectivity index (χ0v) is 9.27. The highest BCUT2D eigenvalue weighted by molar-refractivity contribution is 7.98. The Kier molecular flexibility index (Phi) is 4.86. The van der Waals surface area contributed by atoms with Gasteiger partial charge in [0, 0.05) is 17.9 Å². The first-order valence-corrected chi connectivity index (χ1v) is 5.87. The molecule has 0 unspecified atom stereocenters. The molecule has 0 saturated carbocycles. The molecule has 0 radical (unpaired) electrons. The van der Waals surface area contributed by atoms with E-state index in [1.165, 1.54) is 11.8 Å². The van der Waals surface area contributed by atoms with Crippen LogP contribution in [0.2, 0.25) is 0 Å². The van der Waals surface area contributed by atoms with Crippen LogP contribution in [0.4, 0.5) is 13.2 Å². The van der Waals surface area contributed by atoms with E-state index in [0.29, 0.717) is 5.75 Å². The van der Waals surface area contributed by atoms with Crippen LogP contribution in [-0.4, -0.2) is 17.7 Å². The van der Waals surface area contributed by atoms with Gasteiger partial charge in [0.15, 0.2) is 0 Å².